The van der Waals surface area contributed by atoms with Crippen molar-refractivity contribution in [3.63, 3.8) is 0 Å². The topological polar surface area (TPSA) is 58.6 Å². The molecule has 2 amide bonds. The molecule has 1 N–H and O–H groups in total. The fourth-order valence-electron chi connectivity index (χ4n) is 2.58. The van der Waals surface area contributed by atoms with Gasteiger partial charge in [-0.1, -0.05) is 53.5 Å². The number of benzene rings is 2. The predicted octanol–water partition coefficient (Wildman–Crippen LogP) is 4.31. The Kier molecular flexibility index (Phi) is 8.15. The fourth-order valence-corrected chi connectivity index (χ4v) is 2.97. The highest BCUT2D eigenvalue weighted by molar-refractivity contribution is 6.32. The molecule has 5 nitrogen and oxygen atoms in total. The Balaban J connectivity index is 2.18. The zero-order chi connectivity index (χ0) is 20.7. The minimum absolute atomic E-state index is 0.0356. The van der Waals surface area contributed by atoms with Crippen molar-refractivity contribution < 1.29 is 14.3 Å². The van der Waals surface area contributed by atoms with Gasteiger partial charge in [0.25, 0.3) is 5.91 Å². The number of hydrogen-bond acceptors (Lipinski definition) is 3. The zero-order valence-electron chi connectivity index (χ0n) is 16.1. The number of hydrogen-bond donors (Lipinski definition) is 1. The lowest BCUT2D eigenvalue weighted by Crippen LogP contribution is -2.50. The van der Waals surface area contributed by atoms with E-state index in [1.807, 2.05) is 32.0 Å². The fraction of sp³-hybridized carbons (Fsp3) is 0.333. The molecule has 0 aliphatic carbocycles. The number of nitrogens with zero attached hydrogens (tertiary/aromatic N) is 1. The molecule has 7 heteroatoms. The molecule has 0 spiro atoms. The van der Waals surface area contributed by atoms with Crippen LogP contribution in [0.3, 0.4) is 0 Å². The first-order valence-electron chi connectivity index (χ1n) is 9.00. The van der Waals surface area contributed by atoms with Gasteiger partial charge in [0.1, 0.15) is 11.8 Å². The van der Waals surface area contributed by atoms with Crippen LogP contribution in [0.2, 0.25) is 10.0 Å². The van der Waals surface area contributed by atoms with Crippen LogP contribution in [0.15, 0.2) is 48.5 Å². The van der Waals surface area contributed by atoms with Gasteiger partial charge < -0.3 is 15.0 Å². The van der Waals surface area contributed by atoms with E-state index in [0.29, 0.717) is 15.8 Å². The van der Waals surface area contributed by atoms with Gasteiger partial charge in [0.2, 0.25) is 5.91 Å². The van der Waals surface area contributed by atoms with Crippen LogP contribution in [0.5, 0.6) is 5.75 Å². The van der Waals surface area contributed by atoms with Crippen LogP contribution in [-0.4, -0.2) is 35.4 Å². The van der Waals surface area contributed by atoms with Gasteiger partial charge >= 0.3 is 0 Å². The van der Waals surface area contributed by atoms with E-state index in [4.69, 9.17) is 27.9 Å². The molecule has 28 heavy (non-hydrogen) atoms. The van der Waals surface area contributed by atoms with E-state index in [0.717, 1.165) is 5.56 Å². The van der Waals surface area contributed by atoms with Crippen LogP contribution in [0.25, 0.3) is 0 Å². The van der Waals surface area contributed by atoms with E-state index in [-0.39, 0.29) is 31.0 Å². The molecular formula is C21H24Cl2N2O3. The summed E-state index contributed by atoms with van der Waals surface area (Å²) < 4.78 is 5.57. The third-order valence-electron chi connectivity index (χ3n) is 4.08. The van der Waals surface area contributed by atoms with Crippen LogP contribution in [-0.2, 0) is 16.1 Å². The Bertz CT molecular complexity index is 827. The SMILES string of the molecule is CC(C)NC(=O)[C@@H](C)N(Cc1ccccc1Cl)C(=O)COc1ccccc1Cl. The molecule has 0 heterocycles. The molecule has 0 fully saturated rings. The van der Waals surface area contributed by atoms with Gasteiger partial charge in [-0.05, 0) is 44.5 Å². The molecule has 0 aliphatic heterocycles. The van der Waals surface area contributed by atoms with E-state index in [1.165, 1.54) is 4.90 Å². The highest BCUT2D eigenvalue weighted by atomic mass is 35.5. The predicted molar refractivity (Wildman–Crippen MR) is 112 cm³/mol. The molecule has 0 aromatic heterocycles. The first-order chi connectivity index (χ1) is 13.3. The van der Waals surface area contributed by atoms with Crippen molar-refractivity contribution in [2.75, 3.05) is 6.61 Å². The van der Waals surface area contributed by atoms with Gasteiger partial charge in [-0.15, -0.1) is 0 Å². The van der Waals surface area contributed by atoms with Crippen LogP contribution in [0, 0.1) is 0 Å². The molecule has 0 aliphatic rings. The van der Waals surface area contributed by atoms with Gasteiger partial charge in [0.05, 0.1) is 5.02 Å². The Labute approximate surface area is 175 Å². The van der Waals surface area contributed by atoms with Crippen LogP contribution < -0.4 is 10.1 Å². The highest BCUT2D eigenvalue weighted by Crippen LogP contribution is 2.23. The molecule has 0 unspecified atom stereocenters. The minimum atomic E-state index is -0.694. The highest BCUT2D eigenvalue weighted by Gasteiger charge is 2.27. The van der Waals surface area contributed by atoms with Gasteiger partial charge in [-0.25, -0.2) is 0 Å². The Morgan fingerprint density at radius 1 is 1.00 bits per heavy atom. The molecule has 0 saturated heterocycles. The molecule has 2 rings (SSSR count). The summed E-state index contributed by atoms with van der Waals surface area (Å²) in [7, 11) is 0. The summed E-state index contributed by atoms with van der Waals surface area (Å²) in [5.74, 6) is -0.172. The van der Waals surface area contributed by atoms with Crippen molar-refractivity contribution in [1.82, 2.24) is 10.2 Å². The summed E-state index contributed by atoms with van der Waals surface area (Å²) in [4.78, 5) is 26.9. The van der Waals surface area contributed by atoms with E-state index in [2.05, 4.69) is 5.32 Å². The number of ether oxygens (including phenoxy) is 1. The van der Waals surface area contributed by atoms with Crippen molar-refractivity contribution in [2.45, 2.75) is 39.4 Å². The second kappa shape index (κ2) is 10.3. The van der Waals surface area contributed by atoms with Crippen molar-refractivity contribution in [3.05, 3.63) is 64.1 Å². The summed E-state index contributed by atoms with van der Waals surface area (Å²) >= 11 is 12.3. The third kappa shape index (κ3) is 6.14. The summed E-state index contributed by atoms with van der Waals surface area (Å²) in [5, 5.41) is 3.78. The van der Waals surface area contributed by atoms with Gasteiger partial charge in [-0.3, -0.25) is 9.59 Å². The Morgan fingerprint density at radius 3 is 2.21 bits per heavy atom. The van der Waals surface area contributed by atoms with Gasteiger partial charge in [0, 0.05) is 17.6 Å². The molecule has 1 atom stereocenters. The van der Waals surface area contributed by atoms with E-state index >= 15 is 0 Å². The quantitative estimate of drug-likeness (QED) is 0.688. The van der Waals surface area contributed by atoms with Gasteiger partial charge in [0.15, 0.2) is 6.61 Å². The Morgan fingerprint density at radius 2 is 1.61 bits per heavy atom. The number of amides is 2. The maximum atomic E-state index is 12.9. The van der Waals surface area contributed by atoms with E-state index in [9.17, 15) is 9.59 Å². The normalized spacial score (nSPS) is 11.8. The smallest absolute Gasteiger partial charge is 0.261 e. The zero-order valence-corrected chi connectivity index (χ0v) is 17.6. The second-order valence-corrected chi connectivity index (χ2v) is 7.49. The first kappa shape index (κ1) is 22.1. The lowest BCUT2D eigenvalue weighted by atomic mass is 10.1. The van der Waals surface area contributed by atoms with Crippen LogP contribution in [0.1, 0.15) is 26.3 Å². The van der Waals surface area contributed by atoms with E-state index < -0.39 is 6.04 Å². The van der Waals surface area contributed by atoms with Gasteiger partial charge in [-0.2, -0.15) is 0 Å². The molecule has 2 aromatic rings. The molecular weight excluding hydrogens is 399 g/mol. The maximum absolute atomic E-state index is 12.9. The maximum Gasteiger partial charge on any atom is 0.261 e. The first-order valence-corrected chi connectivity index (χ1v) is 9.75. The summed E-state index contributed by atoms with van der Waals surface area (Å²) in [6.07, 6.45) is 0. The van der Waals surface area contributed by atoms with Crippen molar-refractivity contribution in [2.24, 2.45) is 0 Å². The monoisotopic (exact) mass is 422 g/mol. The van der Waals surface area contributed by atoms with Crippen LogP contribution in [0.4, 0.5) is 0 Å². The van der Waals surface area contributed by atoms with Crippen molar-refractivity contribution in [1.29, 1.82) is 0 Å². The summed E-state index contributed by atoms with van der Waals surface area (Å²) in [6.45, 7) is 5.36. The molecule has 2 aromatic carbocycles. The standard InChI is InChI=1S/C21H24Cl2N2O3/c1-14(2)24-21(27)15(3)25(12-16-8-4-5-9-17(16)22)20(26)13-28-19-11-7-6-10-18(19)23/h4-11,14-15H,12-13H2,1-3H3,(H,24,27)/t15-/m1/s1. The van der Waals surface area contributed by atoms with E-state index in [1.54, 1.807) is 37.3 Å². The second-order valence-electron chi connectivity index (χ2n) is 6.67. The summed E-state index contributed by atoms with van der Waals surface area (Å²) in [6, 6.07) is 13.4. The number of carbonyl (C=O) groups is 2. The largest absolute Gasteiger partial charge is 0.482 e. The number of halogens is 2. The average Bonchev–Trinajstić information content (AvgIpc) is 2.65. The van der Waals surface area contributed by atoms with Crippen LogP contribution >= 0.6 is 23.2 Å². The number of para-hydroxylation sites is 1. The number of rotatable bonds is 8. The van der Waals surface area contributed by atoms with Crippen molar-refractivity contribution in [3.8, 4) is 5.75 Å². The number of nitrogens with one attached hydrogen (secondary N) is 1. The number of carbonyl (C=O) groups excluding carboxylic acids is 2. The lowest BCUT2D eigenvalue weighted by Gasteiger charge is -2.29. The minimum Gasteiger partial charge on any atom is -0.482 e. The van der Waals surface area contributed by atoms with Crippen molar-refractivity contribution >= 4 is 35.0 Å². The molecule has 0 saturated carbocycles. The molecule has 150 valence electrons. The average molecular weight is 423 g/mol. The summed E-state index contributed by atoms with van der Waals surface area (Å²) in [5.41, 5.74) is 0.749. The molecule has 0 bridgehead atoms. The third-order valence-corrected chi connectivity index (χ3v) is 4.77. The Hall–Kier alpha value is -2.24. The lowest BCUT2D eigenvalue weighted by molar-refractivity contribution is -0.142. The molecule has 0 radical (unpaired) electrons.